The van der Waals surface area contributed by atoms with Gasteiger partial charge in [0.15, 0.2) is 0 Å². The molecule has 1 N–H and O–H groups in total. The van der Waals surface area contributed by atoms with Gasteiger partial charge in [0.25, 0.3) is 5.69 Å². The number of rotatable bonds is 3. The van der Waals surface area contributed by atoms with E-state index in [2.05, 4.69) is 15.2 Å². The zero-order valence-corrected chi connectivity index (χ0v) is 11.7. The number of fused-ring (bicyclic) bond motifs is 1. The van der Waals surface area contributed by atoms with Crippen LogP contribution in [0.1, 0.15) is 31.2 Å². The lowest BCUT2D eigenvalue weighted by atomic mass is 9.99. The van der Waals surface area contributed by atoms with E-state index in [1.807, 2.05) is 0 Å². The van der Waals surface area contributed by atoms with E-state index in [0.717, 1.165) is 18.8 Å². The molecule has 2 saturated heterocycles. The van der Waals surface area contributed by atoms with Crippen LogP contribution >= 0.6 is 0 Å². The Morgan fingerprint density at radius 3 is 3.00 bits per heavy atom. The minimum absolute atomic E-state index is 0.0845. The number of hydrogen-bond donors (Lipinski definition) is 1. The highest BCUT2D eigenvalue weighted by Crippen LogP contribution is 2.29. The number of aromatic nitrogens is 1. The van der Waals surface area contributed by atoms with Gasteiger partial charge < -0.3 is 5.32 Å². The maximum Gasteiger partial charge on any atom is 0.290 e. The molecule has 20 heavy (non-hydrogen) atoms. The number of anilines is 1. The van der Waals surface area contributed by atoms with Gasteiger partial charge in [-0.15, -0.1) is 0 Å². The predicted molar refractivity (Wildman–Crippen MR) is 76.9 cm³/mol. The summed E-state index contributed by atoms with van der Waals surface area (Å²) in [5.41, 5.74) is 0.743. The Morgan fingerprint density at radius 2 is 2.25 bits per heavy atom. The molecule has 6 nitrogen and oxygen atoms in total. The Hall–Kier alpha value is -1.69. The number of nitro groups is 1. The molecule has 0 aliphatic carbocycles. The van der Waals surface area contributed by atoms with Crippen LogP contribution in [0, 0.1) is 17.0 Å². The summed E-state index contributed by atoms with van der Waals surface area (Å²) in [4.78, 5) is 17.2. The molecular formula is C14H20N4O2. The second-order valence-corrected chi connectivity index (χ2v) is 5.75. The van der Waals surface area contributed by atoms with Crippen molar-refractivity contribution in [1.82, 2.24) is 9.88 Å². The average molecular weight is 276 g/mol. The Labute approximate surface area is 118 Å². The standard InChI is InChI=1S/C14H20N4O2/c1-10-8-14(15-9-13(10)18(19)20)16-11-5-7-17-6-3-2-4-12(11)17/h8-9,11-12H,2-7H2,1H3,(H,15,16). The van der Waals surface area contributed by atoms with Crippen LogP contribution in [0.5, 0.6) is 0 Å². The summed E-state index contributed by atoms with van der Waals surface area (Å²) in [6, 6.07) is 2.80. The van der Waals surface area contributed by atoms with Crippen molar-refractivity contribution < 1.29 is 4.92 Å². The van der Waals surface area contributed by atoms with Gasteiger partial charge in [0.1, 0.15) is 12.0 Å². The Bertz CT molecular complexity index is 520. The summed E-state index contributed by atoms with van der Waals surface area (Å²) in [7, 11) is 0. The molecule has 0 bridgehead atoms. The highest BCUT2D eigenvalue weighted by Gasteiger charge is 2.35. The summed E-state index contributed by atoms with van der Waals surface area (Å²) in [5, 5.41) is 14.3. The van der Waals surface area contributed by atoms with Crippen LogP contribution in [-0.4, -0.2) is 40.0 Å². The molecule has 2 aliphatic rings. The van der Waals surface area contributed by atoms with Gasteiger partial charge in [-0.25, -0.2) is 4.98 Å². The van der Waals surface area contributed by atoms with E-state index in [0.29, 0.717) is 17.6 Å². The fourth-order valence-electron chi connectivity index (χ4n) is 3.42. The first-order chi connectivity index (χ1) is 9.65. The van der Waals surface area contributed by atoms with Crippen LogP contribution in [0.3, 0.4) is 0 Å². The Morgan fingerprint density at radius 1 is 1.40 bits per heavy atom. The predicted octanol–water partition coefficient (Wildman–Crippen LogP) is 2.34. The summed E-state index contributed by atoms with van der Waals surface area (Å²) < 4.78 is 0. The average Bonchev–Trinajstić information content (AvgIpc) is 2.82. The highest BCUT2D eigenvalue weighted by molar-refractivity contribution is 5.47. The largest absolute Gasteiger partial charge is 0.366 e. The number of piperidine rings is 1. The molecule has 0 amide bonds. The van der Waals surface area contributed by atoms with Crippen LogP contribution in [0.15, 0.2) is 12.3 Å². The minimum Gasteiger partial charge on any atom is -0.366 e. The molecule has 1 aromatic rings. The molecule has 0 saturated carbocycles. The summed E-state index contributed by atoms with van der Waals surface area (Å²) in [5.74, 6) is 0.755. The van der Waals surface area contributed by atoms with Crippen LogP contribution in [0.25, 0.3) is 0 Å². The SMILES string of the molecule is Cc1cc(NC2CCN3CCCCC23)ncc1[N+](=O)[O-]. The van der Waals surface area contributed by atoms with Crippen molar-refractivity contribution in [2.45, 2.75) is 44.7 Å². The van der Waals surface area contributed by atoms with Gasteiger partial charge in [-0.05, 0) is 38.8 Å². The molecular weight excluding hydrogens is 256 g/mol. The molecule has 2 aliphatic heterocycles. The fraction of sp³-hybridized carbons (Fsp3) is 0.643. The van der Waals surface area contributed by atoms with Crippen LogP contribution in [0.2, 0.25) is 0 Å². The first-order valence-corrected chi connectivity index (χ1v) is 7.27. The van der Waals surface area contributed by atoms with E-state index in [4.69, 9.17) is 0 Å². The van der Waals surface area contributed by atoms with Gasteiger partial charge in [0.05, 0.1) is 4.92 Å². The molecule has 3 rings (SSSR count). The van der Waals surface area contributed by atoms with Crippen molar-refractivity contribution in [3.63, 3.8) is 0 Å². The van der Waals surface area contributed by atoms with E-state index in [-0.39, 0.29) is 10.6 Å². The molecule has 1 aromatic heterocycles. The quantitative estimate of drug-likeness (QED) is 0.677. The lowest BCUT2D eigenvalue weighted by Gasteiger charge is -2.32. The zero-order chi connectivity index (χ0) is 14.1. The highest BCUT2D eigenvalue weighted by atomic mass is 16.6. The van der Waals surface area contributed by atoms with Gasteiger partial charge in [0.2, 0.25) is 0 Å². The van der Waals surface area contributed by atoms with Crippen molar-refractivity contribution in [2.24, 2.45) is 0 Å². The van der Waals surface area contributed by atoms with Crippen LogP contribution in [0.4, 0.5) is 11.5 Å². The number of pyridine rings is 1. The van der Waals surface area contributed by atoms with Crippen LogP contribution in [-0.2, 0) is 0 Å². The number of hydrogen-bond acceptors (Lipinski definition) is 5. The normalized spacial score (nSPS) is 26.2. The minimum atomic E-state index is -0.384. The van der Waals surface area contributed by atoms with Gasteiger partial charge in [0, 0.05) is 24.2 Å². The maximum absolute atomic E-state index is 10.8. The third-order valence-electron chi connectivity index (χ3n) is 4.47. The number of nitrogens with one attached hydrogen (secondary N) is 1. The summed E-state index contributed by atoms with van der Waals surface area (Å²) in [6.45, 7) is 4.11. The summed E-state index contributed by atoms with van der Waals surface area (Å²) >= 11 is 0. The lowest BCUT2D eigenvalue weighted by Crippen LogP contribution is -2.41. The smallest absolute Gasteiger partial charge is 0.290 e. The van der Waals surface area contributed by atoms with Crippen molar-refractivity contribution in [3.8, 4) is 0 Å². The van der Waals surface area contributed by atoms with E-state index in [9.17, 15) is 10.1 Å². The molecule has 6 heteroatoms. The third-order valence-corrected chi connectivity index (χ3v) is 4.47. The first-order valence-electron chi connectivity index (χ1n) is 7.27. The van der Waals surface area contributed by atoms with Crippen molar-refractivity contribution in [1.29, 1.82) is 0 Å². The Balaban J connectivity index is 1.72. The first kappa shape index (κ1) is 13.3. The van der Waals surface area contributed by atoms with E-state index in [1.54, 1.807) is 13.0 Å². The van der Waals surface area contributed by atoms with Crippen molar-refractivity contribution in [3.05, 3.63) is 27.9 Å². The fourth-order valence-corrected chi connectivity index (χ4v) is 3.42. The summed E-state index contributed by atoms with van der Waals surface area (Å²) in [6.07, 6.45) is 6.32. The molecule has 3 heterocycles. The van der Waals surface area contributed by atoms with Gasteiger partial charge in [-0.2, -0.15) is 0 Å². The second kappa shape index (κ2) is 5.36. The van der Waals surface area contributed by atoms with E-state index >= 15 is 0 Å². The molecule has 2 unspecified atom stereocenters. The van der Waals surface area contributed by atoms with Crippen LogP contribution < -0.4 is 5.32 Å². The van der Waals surface area contributed by atoms with Crippen molar-refractivity contribution >= 4 is 11.5 Å². The van der Waals surface area contributed by atoms with E-state index in [1.165, 1.54) is 32.0 Å². The zero-order valence-electron chi connectivity index (χ0n) is 11.7. The van der Waals surface area contributed by atoms with Crippen molar-refractivity contribution in [2.75, 3.05) is 18.4 Å². The van der Waals surface area contributed by atoms with E-state index < -0.39 is 0 Å². The Kier molecular flexibility index (Phi) is 3.56. The second-order valence-electron chi connectivity index (χ2n) is 5.75. The molecule has 0 aromatic carbocycles. The third kappa shape index (κ3) is 2.47. The molecule has 0 radical (unpaired) electrons. The number of aryl methyl sites for hydroxylation is 1. The van der Waals surface area contributed by atoms with Gasteiger partial charge >= 0.3 is 0 Å². The molecule has 2 fully saturated rings. The molecule has 2 atom stereocenters. The topological polar surface area (TPSA) is 71.3 Å². The monoisotopic (exact) mass is 276 g/mol. The number of nitrogens with zero attached hydrogens (tertiary/aromatic N) is 3. The van der Waals surface area contributed by atoms with Gasteiger partial charge in [-0.1, -0.05) is 6.42 Å². The maximum atomic E-state index is 10.8. The van der Waals surface area contributed by atoms with Gasteiger partial charge in [-0.3, -0.25) is 15.0 Å². The lowest BCUT2D eigenvalue weighted by molar-refractivity contribution is -0.385. The molecule has 108 valence electrons. The molecule has 0 spiro atoms.